The summed E-state index contributed by atoms with van der Waals surface area (Å²) in [5, 5.41) is 7.94. The van der Waals surface area contributed by atoms with E-state index >= 15 is 0 Å². The van der Waals surface area contributed by atoms with Gasteiger partial charge in [-0.2, -0.15) is 5.10 Å². The highest BCUT2D eigenvalue weighted by Gasteiger charge is 2.24. The van der Waals surface area contributed by atoms with Crippen molar-refractivity contribution in [3.8, 4) is 0 Å². The van der Waals surface area contributed by atoms with Gasteiger partial charge in [0.15, 0.2) is 0 Å². The zero-order valence-corrected chi connectivity index (χ0v) is 13.9. The molecule has 1 heterocycles. The molecule has 1 aromatic heterocycles. The fraction of sp³-hybridized carbons (Fsp3) is 0.375. The summed E-state index contributed by atoms with van der Waals surface area (Å²) in [6, 6.07) is 5.23. The van der Waals surface area contributed by atoms with Crippen LogP contribution < -0.4 is 16.2 Å². The van der Waals surface area contributed by atoms with Crippen LogP contribution in [-0.4, -0.2) is 15.8 Å². The van der Waals surface area contributed by atoms with E-state index in [4.69, 9.17) is 11.6 Å². The molecule has 0 fully saturated rings. The van der Waals surface area contributed by atoms with Crippen molar-refractivity contribution in [1.82, 2.24) is 20.5 Å². The molecule has 1 aromatic carbocycles. The molecule has 23 heavy (non-hydrogen) atoms. The molecular formula is C16H20ClN5O. The van der Waals surface area contributed by atoms with Gasteiger partial charge in [0.2, 0.25) is 0 Å². The fourth-order valence-electron chi connectivity index (χ4n) is 2.92. The summed E-state index contributed by atoms with van der Waals surface area (Å²) in [5.74, 6) is 0. The smallest absolute Gasteiger partial charge is 0.330 e. The Morgan fingerprint density at radius 3 is 3.09 bits per heavy atom. The monoisotopic (exact) mass is 333 g/mol. The molecule has 0 spiro atoms. The number of hydrogen-bond acceptors (Lipinski definition) is 3. The number of carbonyl (C=O) groups excluding carboxylic acids is 1. The highest BCUT2D eigenvalue weighted by Crippen LogP contribution is 2.29. The lowest BCUT2D eigenvalue weighted by Crippen LogP contribution is -2.41. The van der Waals surface area contributed by atoms with Gasteiger partial charge in [0.1, 0.15) is 0 Å². The van der Waals surface area contributed by atoms with Crippen LogP contribution >= 0.6 is 11.6 Å². The molecular weight excluding hydrogens is 314 g/mol. The van der Waals surface area contributed by atoms with E-state index in [0.717, 1.165) is 36.1 Å². The van der Waals surface area contributed by atoms with Gasteiger partial charge in [0.25, 0.3) is 0 Å². The number of anilines is 1. The highest BCUT2D eigenvalue weighted by atomic mass is 35.5. The second-order valence-corrected chi connectivity index (χ2v) is 6.16. The summed E-state index contributed by atoms with van der Waals surface area (Å²) in [6.45, 7) is 1.90. The van der Waals surface area contributed by atoms with Crippen LogP contribution in [0.25, 0.3) is 0 Å². The fourth-order valence-corrected chi connectivity index (χ4v) is 3.09. The number of amides is 2. The lowest BCUT2D eigenvalue weighted by molar-refractivity contribution is 0.237. The van der Waals surface area contributed by atoms with Gasteiger partial charge in [0, 0.05) is 23.3 Å². The third-order valence-electron chi connectivity index (χ3n) is 4.26. The molecule has 3 N–H and O–H groups in total. The standard InChI is InChI=1S/C16H20ClN5O/c1-10-12(17)5-3-6-13(10)20-21-16(23)19-14-7-4-8-15-11(14)9-18-22(15)2/h3,5-6,9,14,20H,4,7-8H2,1-2H3,(H2,19,21,23). The van der Waals surface area contributed by atoms with Crippen LogP contribution in [0.4, 0.5) is 10.5 Å². The number of aromatic nitrogens is 2. The molecule has 1 unspecified atom stereocenters. The molecule has 122 valence electrons. The van der Waals surface area contributed by atoms with E-state index in [1.54, 1.807) is 0 Å². The number of hydrazine groups is 1. The number of carbonyl (C=O) groups is 1. The van der Waals surface area contributed by atoms with Crippen LogP contribution in [0.15, 0.2) is 24.4 Å². The van der Waals surface area contributed by atoms with Crippen molar-refractivity contribution in [1.29, 1.82) is 0 Å². The van der Waals surface area contributed by atoms with Gasteiger partial charge in [-0.25, -0.2) is 4.79 Å². The molecule has 3 rings (SSSR count). The molecule has 0 saturated heterocycles. The number of urea groups is 1. The highest BCUT2D eigenvalue weighted by molar-refractivity contribution is 6.31. The molecule has 0 aliphatic heterocycles. The van der Waals surface area contributed by atoms with Gasteiger partial charge >= 0.3 is 6.03 Å². The van der Waals surface area contributed by atoms with Crippen molar-refractivity contribution in [2.45, 2.75) is 32.2 Å². The van der Waals surface area contributed by atoms with E-state index < -0.39 is 0 Å². The molecule has 1 atom stereocenters. The maximum Gasteiger partial charge on any atom is 0.333 e. The Bertz CT molecular complexity index is 727. The van der Waals surface area contributed by atoms with Gasteiger partial charge in [-0.3, -0.25) is 15.5 Å². The zero-order chi connectivity index (χ0) is 16.4. The molecule has 1 aliphatic rings. The Morgan fingerprint density at radius 2 is 2.26 bits per heavy atom. The Morgan fingerprint density at radius 1 is 1.43 bits per heavy atom. The van der Waals surface area contributed by atoms with Crippen molar-refractivity contribution in [2.24, 2.45) is 7.05 Å². The van der Waals surface area contributed by atoms with Crippen molar-refractivity contribution in [3.63, 3.8) is 0 Å². The number of nitrogens with one attached hydrogen (secondary N) is 3. The third-order valence-corrected chi connectivity index (χ3v) is 4.67. The summed E-state index contributed by atoms with van der Waals surface area (Å²) in [4.78, 5) is 12.2. The van der Waals surface area contributed by atoms with Crippen LogP contribution in [0.3, 0.4) is 0 Å². The number of benzene rings is 1. The Kier molecular flexibility index (Phi) is 4.43. The minimum atomic E-state index is -0.272. The predicted molar refractivity (Wildman–Crippen MR) is 90.4 cm³/mol. The first-order valence-electron chi connectivity index (χ1n) is 7.64. The van der Waals surface area contributed by atoms with Crippen molar-refractivity contribution in [2.75, 3.05) is 5.43 Å². The van der Waals surface area contributed by atoms with Gasteiger partial charge in [-0.05, 0) is 43.9 Å². The Hall–Kier alpha value is -2.21. The van der Waals surface area contributed by atoms with Gasteiger partial charge < -0.3 is 5.32 Å². The molecule has 7 heteroatoms. The van der Waals surface area contributed by atoms with Gasteiger partial charge in [-0.1, -0.05) is 17.7 Å². The van der Waals surface area contributed by atoms with E-state index in [1.165, 1.54) is 5.69 Å². The Balaban J connectivity index is 1.61. The molecule has 2 aromatic rings. The summed E-state index contributed by atoms with van der Waals surface area (Å²) >= 11 is 6.07. The number of halogens is 1. The maximum absolute atomic E-state index is 12.2. The van der Waals surface area contributed by atoms with E-state index in [0.29, 0.717) is 5.02 Å². The molecule has 1 aliphatic carbocycles. The summed E-state index contributed by atoms with van der Waals surface area (Å²) < 4.78 is 1.88. The second kappa shape index (κ2) is 6.50. The van der Waals surface area contributed by atoms with E-state index in [1.807, 2.05) is 43.0 Å². The van der Waals surface area contributed by atoms with E-state index in [-0.39, 0.29) is 12.1 Å². The lowest BCUT2D eigenvalue weighted by Gasteiger charge is -2.24. The molecule has 0 bridgehead atoms. The molecule has 6 nitrogen and oxygen atoms in total. The van der Waals surface area contributed by atoms with Crippen LogP contribution in [0.2, 0.25) is 5.02 Å². The largest absolute Gasteiger partial charge is 0.333 e. The minimum absolute atomic E-state index is 0.00490. The first-order valence-corrected chi connectivity index (χ1v) is 8.02. The molecule has 0 radical (unpaired) electrons. The number of rotatable bonds is 3. The van der Waals surface area contributed by atoms with Crippen molar-refractivity contribution < 1.29 is 4.79 Å². The second-order valence-electron chi connectivity index (χ2n) is 5.75. The van der Waals surface area contributed by atoms with Gasteiger partial charge in [0.05, 0.1) is 17.9 Å². The summed E-state index contributed by atoms with van der Waals surface area (Å²) in [6.07, 6.45) is 4.81. The minimum Gasteiger partial charge on any atom is -0.330 e. The van der Waals surface area contributed by atoms with E-state index in [2.05, 4.69) is 21.3 Å². The topological polar surface area (TPSA) is 71.0 Å². The number of nitrogens with zero attached hydrogens (tertiary/aromatic N) is 2. The SMILES string of the molecule is Cc1c(Cl)cccc1NNC(=O)NC1CCCc2c1cnn2C. The first-order chi connectivity index (χ1) is 11.1. The van der Waals surface area contributed by atoms with Crippen molar-refractivity contribution >= 4 is 23.3 Å². The van der Waals surface area contributed by atoms with E-state index in [9.17, 15) is 4.79 Å². The zero-order valence-electron chi connectivity index (χ0n) is 13.2. The van der Waals surface area contributed by atoms with Crippen LogP contribution in [0.1, 0.15) is 35.7 Å². The predicted octanol–water partition coefficient (Wildman–Crippen LogP) is 3.09. The average Bonchev–Trinajstić information content (AvgIpc) is 2.91. The maximum atomic E-state index is 12.2. The van der Waals surface area contributed by atoms with Crippen LogP contribution in [0.5, 0.6) is 0 Å². The molecule has 0 saturated carbocycles. The quantitative estimate of drug-likeness (QED) is 0.756. The number of aryl methyl sites for hydroxylation is 1. The Labute approximate surface area is 140 Å². The van der Waals surface area contributed by atoms with Crippen LogP contribution in [-0.2, 0) is 13.5 Å². The average molecular weight is 334 g/mol. The number of hydrogen-bond donors (Lipinski definition) is 3. The molecule has 2 amide bonds. The van der Waals surface area contributed by atoms with Gasteiger partial charge in [-0.15, -0.1) is 0 Å². The normalized spacial score (nSPS) is 16.6. The van der Waals surface area contributed by atoms with Crippen molar-refractivity contribution in [3.05, 3.63) is 46.2 Å². The first kappa shape index (κ1) is 15.7. The summed E-state index contributed by atoms with van der Waals surface area (Å²) in [7, 11) is 1.94. The number of fused-ring (bicyclic) bond motifs is 1. The lowest BCUT2D eigenvalue weighted by atomic mass is 9.93. The van der Waals surface area contributed by atoms with Crippen LogP contribution in [0, 0.1) is 6.92 Å². The summed E-state index contributed by atoms with van der Waals surface area (Å²) in [5.41, 5.74) is 9.54. The third kappa shape index (κ3) is 3.27.